The summed E-state index contributed by atoms with van der Waals surface area (Å²) in [7, 11) is 0. The van der Waals surface area contributed by atoms with Gasteiger partial charge in [-0.2, -0.15) is 0 Å². The van der Waals surface area contributed by atoms with Crippen LogP contribution in [0.3, 0.4) is 0 Å². The number of hydrogen-bond donors (Lipinski definition) is 1. The molecule has 0 aromatic heterocycles. The first kappa shape index (κ1) is 15.4. The highest BCUT2D eigenvalue weighted by Crippen LogP contribution is 2.34. The summed E-state index contributed by atoms with van der Waals surface area (Å²) in [6.45, 7) is 7.54. The molecule has 1 fully saturated rings. The van der Waals surface area contributed by atoms with Crippen molar-refractivity contribution in [2.45, 2.75) is 45.6 Å². The van der Waals surface area contributed by atoms with Gasteiger partial charge in [0.15, 0.2) is 0 Å². The molecule has 20 heavy (non-hydrogen) atoms. The highest BCUT2D eigenvalue weighted by Gasteiger charge is 2.30. The Morgan fingerprint density at radius 1 is 1.25 bits per heavy atom. The van der Waals surface area contributed by atoms with E-state index in [0.717, 1.165) is 32.4 Å². The predicted molar refractivity (Wildman–Crippen MR) is 78.4 cm³/mol. The molecular weight excluding hydrogens is 254 g/mol. The van der Waals surface area contributed by atoms with Crippen molar-refractivity contribution in [3.8, 4) is 0 Å². The SMILES string of the molecule is CC(C)(C)OC(=O)N1CCC(C[C@@H]2C=C[C@H]2CO)CC1. The van der Waals surface area contributed by atoms with Crippen LogP contribution in [-0.4, -0.2) is 41.4 Å². The molecule has 0 spiro atoms. The van der Waals surface area contributed by atoms with Gasteiger partial charge in [0.05, 0.1) is 0 Å². The van der Waals surface area contributed by atoms with E-state index < -0.39 is 5.60 Å². The molecule has 1 heterocycles. The molecule has 114 valence electrons. The topological polar surface area (TPSA) is 49.8 Å². The van der Waals surface area contributed by atoms with Gasteiger partial charge in [-0.15, -0.1) is 0 Å². The van der Waals surface area contributed by atoms with Crippen LogP contribution in [0, 0.1) is 17.8 Å². The lowest BCUT2D eigenvalue weighted by molar-refractivity contribution is 0.0173. The molecule has 1 aliphatic carbocycles. The van der Waals surface area contributed by atoms with Gasteiger partial charge in [0, 0.05) is 25.6 Å². The third-order valence-corrected chi connectivity index (χ3v) is 4.24. The van der Waals surface area contributed by atoms with Crippen molar-refractivity contribution in [1.29, 1.82) is 0 Å². The predicted octanol–water partition coefficient (Wildman–Crippen LogP) is 2.82. The van der Waals surface area contributed by atoms with E-state index in [1.807, 2.05) is 25.7 Å². The van der Waals surface area contributed by atoms with Crippen molar-refractivity contribution in [1.82, 2.24) is 4.90 Å². The maximum Gasteiger partial charge on any atom is 0.410 e. The Morgan fingerprint density at radius 2 is 1.85 bits per heavy atom. The van der Waals surface area contributed by atoms with Crippen LogP contribution >= 0.6 is 0 Å². The van der Waals surface area contributed by atoms with E-state index in [1.54, 1.807) is 0 Å². The second-order valence-electron chi connectivity index (χ2n) is 7.04. The van der Waals surface area contributed by atoms with Gasteiger partial charge in [0.25, 0.3) is 0 Å². The molecule has 0 aromatic rings. The lowest BCUT2D eigenvalue weighted by Gasteiger charge is -2.36. The molecule has 1 aliphatic heterocycles. The van der Waals surface area contributed by atoms with E-state index in [1.165, 1.54) is 0 Å². The standard InChI is InChI=1S/C16H27NO3/c1-16(2,3)20-15(19)17-8-6-12(7-9-17)10-13-4-5-14(13)11-18/h4-5,12-14,18H,6-11H2,1-3H3/t13-,14-/m0/s1. The quantitative estimate of drug-likeness (QED) is 0.809. The first-order valence-electron chi connectivity index (χ1n) is 7.66. The molecule has 1 N–H and O–H groups in total. The molecule has 2 rings (SSSR count). The van der Waals surface area contributed by atoms with Crippen LogP contribution in [0.1, 0.15) is 40.0 Å². The highest BCUT2D eigenvalue weighted by molar-refractivity contribution is 5.68. The number of aliphatic hydroxyl groups excluding tert-OH is 1. The van der Waals surface area contributed by atoms with Crippen molar-refractivity contribution in [2.24, 2.45) is 17.8 Å². The van der Waals surface area contributed by atoms with E-state index in [9.17, 15) is 9.90 Å². The molecule has 0 aromatic carbocycles. The number of ether oxygens (including phenoxy) is 1. The van der Waals surface area contributed by atoms with E-state index >= 15 is 0 Å². The number of rotatable bonds is 3. The normalized spacial score (nSPS) is 27.3. The maximum absolute atomic E-state index is 12.0. The fourth-order valence-electron chi connectivity index (χ4n) is 2.94. The molecule has 4 nitrogen and oxygen atoms in total. The fraction of sp³-hybridized carbons (Fsp3) is 0.812. The summed E-state index contributed by atoms with van der Waals surface area (Å²) < 4.78 is 5.40. The molecule has 1 saturated heterocycles. The monoisotopic (exact) mass is 281 g/mol. The Hall–Kier alpha value is -1.03. The third-order valence-electron chi connectivity index (χ3n) is 4.24. The molecule has 1 amide bonds. The molecular formula is C16H27NO3. The maximum atomic E-state index is 12.0. The van der Waals surface area contributed by atoms with Gasteiger partial charge >= 0.3 is 6.09 Å². The molecule has 0 unspecified atom stereocenters. The minimum Gasteiger partial charge on any atom is -0.444 e. The van der Waals surface area contributed by atoms with E-state index in [-0.39, 0.29) is 12.7 Å². The minimum absolute atomic E-state index is 0.187. The van der Waals surface area contributed by atoms with Gasteiger partial charge in [-0.05, 0) is 51.9 Å². The van der Waals surface area contributed by atoms with Crippen molar-refractivity contribution in [3.63, 3.8) is 0 Å². The van der Waals surface area contributed by atoms with Crippen LogP contribution in [0.2, 0.25) is 0 Å². The highest BCUT2D eigenvalue weighted by atomic mass is 16.6. The summed E-state index contributed by atoms with van der Waals surface area (Å²) >= 11 is 0. The first-order chi connectivity index (χ1) is 9.39. The molecule has 0 saturated carbocycles. The number of aliphatic hydroxyl groups is 1. The van der Waals surface area contributed by atoms with Gasteiger partial charge in [-0.1, -0.05) is 12.2 Å². The third kappa shape index (κ3) is 3.98. The molecule has 0 radical (unpaired) electrons. The van der Waals surface area contributed by atoms with Gasteiger partial charge in [0.1, 0.15) is 5.60 Å². The summed E-state index contributed by atoms with van der Waals surface area (Å²) in [5.74, 6) is 1.56. The summed E-state index contributed by atoms with van der Waals surface area (Å²) in [6.07, 6.45) is 7.35. The number of amides is 1. The number of likely N-dealkylation sites (tertiary alicyclic amines) is 1. The van der Waals surface area contributed by atoms with Crippen LogP contribution < -0.4 is 0 Å². The minimum atomic E-state index is -0.418. The molecule has 4 heteroatoms. The smallest absolute Gasteiger partial charge is 0.410 e. The lowest BCUT2D eigenvalue weighted by Crippen LogP contribution is -2.42. The van der Waals surface area contributed by atoms with Crippen molar-refractivity contribution in [2.75, 3.05) is 19.7 Å². The molecule has 0 bridgehead atoms. The van der Waals surface area contributed by atoms with Crippen LogP contribution in [-0.2, 0) is 4.74 Å². The molecule has 2 atom stereocenters. The lowest BCUT2D eigenvalue weighted by atomic mass is 9.75. The summed E-state index contributed by atoms with van der Waals surface area (Å²) in [5.41, 5.74) is -0.418. The van der Waals surface area contributed by atoms with Gasteiger partial charge in [0.2, 0.25) is 0 Å². The second-order valence-corrected chi connectivity index (χ2v) is 7.04. The van der Waals surface area contributed by atoms with Crippen molar-refractivity contribution < 1.29 is 14.6 Å². The average Bonchev–Trinajstić information content (AvgIpc) is 2.34. The Labute approximate surface area is 121 Å². The van der Waals surface area contributed by atoms with Gasteiger partial charge < -0.3 is 14.7 Å². The fourth-order valence-corrected chi connectivity index (χ4v) is 2.94. The number of hydrogen-bond acceptors (Lipinski definition) is 3. The van der Waals surface area contributed by atoms with E-state index in [0.29, 0.717) is 17.8 Å². The van der Waals surface area contributed by atoms with Crippen molar-refractivity contribution in [3.05, 3.63) is 12.2 Å². The number of piperidine rings is 1. The Morgan fingerprint density at radius 3 is 2.30 bits per heavy atom. The number of nitrogens with zero attached hydrogens (tertiary/aromatic N) is 1. The number of allylic oxidation sites excluding steroid dienone is 1. The largest absolute Gasteiger partial charge is 0.444 e. The Balaban J connectivity index is 1.72. The summed E-state index contributed by atoms with van der Waals surface area (Å²) in [4.78, 5) is 13.8. The molecule has 2 aliphatic rings. The zero-order valence-electron chi connectivity index (χ0n) is 12.8. The first-order valence-corrected chi connectivity index (χ1v) is 7.66. The average molecular weight is 281 g/mol. The van der Waals surface area contributed by atoms with E-state index in [4.69, 9.17) is 4.74 Å². The van der Waals surface area contributed by atoms with Crippen LogP contribution in [0.5, 0.6) is 0 Å². The Bertz CT molecular complexity index is 364. The Kier molecular flexibility index (Phi) is 4.74. The van der Waals surface area contributed by atoms with Crippen LogP contribution in [0.4, 0.5) is 4.79 Å². The summed E-state index contributed by atoms with van der Waals surface area (Å²) in [6, 6.07) is 0. The van der Waals surface area contributed by atoms with Gasteiger partial charge in [-0.3, -0.25) is 0 Å². The number of carbonyl (C=O) groups excluding carboxylic acids is 1. The van der Waals surface area contributed by atoms with E-state index in [2.05, 4.69) is 12.2 Å². The second kappa shape index (κ2) is 6.17. The van der Waals surface area contributed by atoms with Gasteiger partial charge in [-0.25, -0.2) is 4.79 Å². The summed E-state index contributed by atoms with van der Waals surface area (Å²) in [5, 5.41) is 9.19. The van der Waals surface area contributed by atoms with Crippen LogP contribution in [0.25, 0.3) is 0 Å². The number of carbonyl (C=O) groups is 1. The van der Waals surface area contributed by atoms with Crippen LogP contribution in [0.15, 0.2) is 12.2 Å². The zero-order chi connectivity index (χ0) is 14.8. The zero-order valence-corrected chi connectivity index (χ0v) is 12.8. The van der Waals surface area contributed by atoms with Crippen molar-refractivity contribution >= 4 is 6.09 Å².